The van der Waals surface area contributed by atoms with Gasteiger partial charge >= 0.3 is 0 Å². The number of nitrogens with one attached hydrogen (secondary N) is 1. The van der Waals surface area contributed by atoms with Gasteiger partial charge in [0.15, 0.2) is 0 Å². The molecule has 0 saturated heterocycles. The fourth-order valence-corrected chi connectivity index (χ4v) is 4.25. The minimum atomic E-state index is -0.767. The molecule has 0 unspecified atom stereocenters. The summed E-state index contributed by atoms with van der Waals surface area (Å²) in [5, 5.41) is 3.09. The number of hydrogen-bond donors (Lipinski definition) is 1. The van der Waals surface area contributed by atoms with Crippen molar-refractivity contribution in [3.63, 3.8) is 0 Å². The van der Waals surface area contributed by atoms with Crippen LogP contribution in [0.2, 0.25) is 0 Å². The first-order valence-corrected chi connectivity index (χ1v) is 9.16. The molecule has 9 heteroatoms. The van der Waals surface area contributed by atoms with Crippen LogP contribution in [-0.4, -0.2) is 20.4 Å². The van der Waals surface area contributed by atoms with Gasteiger partial charge in [-0.05, 0) is 37.6 Å². The first kappa shape index (κ1) is 18.2. The minimum Gasteiger partial charge on any atom is -0.322 e. The number of aryl methyl sites for hydroxylation is 2. The summed E-state index contributed by atoms with van der Waals surface area (Å²) < 4.78 is 28.4. The van der Waals surface area contributed by atoms with Crippen molar-refractivity contribution >= 4 is 43.4 Å². The molecule has 4 rings (SSSR count). The fourth-order valence-electron chi connectivity index (χ4n) is 3.05. The molecule has 3 aromatic heterocycles. The van der Waals surface area contributed by atoms with Crippen LogP contribution in [0.5, 0.6) is 0 Å². The summed E-state index contributed by atoms with van der Waals surface area (Å²) in [4.78, 5) is 34.5. The third-order valence-corrected chi connectivity index (χ3v) is 5.32. The van der Waals surface area contributed by atoms with Crippen molar-refractivity contribution < 1.29 is 13.6 Å². The van der Waals surface area contributed by atoms with Gasteiger partial charge < -0.3 is 5.32 Å². The zero-order chi connectivity index (χ0) is 20.0. The molecule has 0 spiro atoms. The topological polar surface area (TPSA) is 76.9 Å². The van der Waals surface area contributed by atoms with Gasteiger partial charge in [0, 0.05) is 17.1 Å². The van der Waals surface area contributed by atoms with E-state index in [0.717, 1.165) is 39.4 Å². The average molecular weight is 400 g/mol. The molecule has 4 aromatic rings. The average Bonchev–Trinajstić information content (AvgIpc) is 3.00. The lowest BCUT2D eigenvalue weighted by atomic mass is 10.1. The molecule has 0 bridgehead atoms. The van der Waals surface area contributed by atoms with Gasteiger partial charge in [-0.2, -0.15) is 0 Å². The van der Waals surface area contributed by atoms with Gasteiger partial charge in [0.2, 0.25) is 5.91 Å². The summed E-state index contributed by atoms with van der Waals surface area (Å²) in [6.45, 7) is 3.42. The van der Waals surface area contributed by atoms with Crippen molar-refractivity contribution in [2.24, 2.45) is 0 Å². The molecule has 1 amide bonds. The Hall–Kier alpha value is -3.20. The smallest absolute Gasteiger partial charge is 0.271 e. The first-order valence-electron chi connectivity index (χ1n) is 8.34. The lowest BCUT2D eigenvalue weighted by Gasteiger charge is -2.08. The number of fused-ring (bicyclic) bond motifs is 3. The van der Waals surface area contributed by atoms with Gasteiger partial charge in [0.05, 0.1) is 17.5 Å². The quantitative estimate of drug-likeness (QED) is 0.571. The van der Waals surface area contributed by atoms with E-state index in [1.165, 1.54) is 17.7 Å². The Morgan fingerprint density at radius 3 is 2.82 bits per heavy atom. The van der Waals surface area contributed by atoms with Crippen molar-refractivity contribution in [2.75, 3.05) is 5.32 Å². The zero-order valence-corrected chi connectivity index (χ0v) is 15.7. The third kappa shape index (κ3) is 3.13. The SMILES string of the molecule is Cc1cc(C)c2c(n1)sc1c(=O)n(CC(=O)Nc3cc(F)ccc3F)cnc12. The summed E-state index contributed by atoms with van der Waals surface area (Å²) in [6, 6.07) is 4.66. The maximum atomic E-state index is 13.7. The number of hydrogen-bond acceptors (Lipinski definition) is 5. The Morgan fingerprint density at radius 1 is 1.25 bits per heavy atom. The summed E-state index contributed by atoms with van der Waals surface area (Å²) in [7, 11) is 0. The normalized spacial score (nSPS) is 11.3. The molecule has 28 heavy (non-hydrogen) atoms. The summed E-state index contributed by atoms with van der Waals surface area (Å²) in [6.07, 6.45) is 1.28. The molecule has 6 nitrogen and oxygen atoms in total. The van der Waals surface area contributed by atoms with Crippen LogP contribution < -0.4 is 10.9 Å². The van der Waals surface area contributed by atoms with Crippen LogP contribution in [0.15, 0.2) is 35.4 Å². The van der Waals surface area contributed by atoms with E-state index in [0.29, 0.717) is 15.0 Å². The van der Waals surface area contributed by atoms with E-state index in [-0.39, 0.29) is 17.8 Å². The predicted octanol–water partition coefficient (Wildman–Crippen LogP) is 3.54. The minimum absolute atomic E-state index is 0.288. The van der Waals surface area contributed by atoms with E-state index < -0.39 is 17.5 Å². The summed E-state index contributed by atoms with van der Waals surface area (Å²) >= 11 is 1.22. The van der Waals surface area contributed by atoms with Gasteiger partial charge in [-0.1, -0.05) is 0 Å². The monoisotopic (exact) mass is 400 g/mol. The molecule has 1 aromatic carbocycles. The molecule has 3 heterocycles. The number of benzene rings is 1. The Kier molecular flexibility index (Phi) is 4.38. The van der Waals surface area contributed by atoms with E-state index in [1.54, 1.807) is 0 Å². The van der Waals surface area contributed by atoms with E-state index in [9.17, 15) is 18.4 Å². The number of amides is 1. The van der Waals surface area contributed by atoms with E-state index >= 15 is 0 Å². The number of rotatable bonds is 3. The van der Waals surface area contributed by atoms with Crippen LogP contribution in [0.4, 0.5) is 14.5 Å². The van der Waals surface area contributed by atoms with Crippen LogP contribution in [0, 0.1) is 25.5 Å². The van der Waals surface area contributed by atoms with Crippen LogP contribution >= 0.6 is 11.3 Å². The number of carbonyl (C=O) groups is 1. The maximum Gasteiger partial charge on any atom is 0.271 e. The van der Waals surface area contributed by atoms with E-state index in [4.69, 9.17) is 0 Å². The lowest BCUT2D eigenvalue weighted by Crippen LogP contribution is -2.27. The van der Waals surface area contributed by atoms with Gasteiger partial charge in [0.1, 0.15) is 27.7 Å². The van der Waals surface area contributed by atoms with Crippen LogP contribution in [-0.2, 0) is 11.3 Å². The summed E-state index contributed by atoms with van der Waals surface area (Å²) in [5.41, 5.74) is 1.68. The van der Waals surface area contributed by atoms with Crippen molar-refractivity contribution in [2.45, 2.75) is 20.4 Å². The number of anilines is 1. The lowest BCUT2D eigenvalue weighted by molar-refractivity contribution is -0.116. The second-order valence-electron chi connectivity index (χ2n) is 6.39. The number of thiophene rings is 1. The van der Waals surface area contributed by atoms with Gasteiger partial charge in [-0.15, -0.1) is 11.3 Å². The second kappa shape index (κ2) is 6.75. The molecule has 0 fully saturated rings. The van der Waals surface area contributed by atoms with Crippen LogP contribution in [0.25, 0.3) is 20.4 Å². The summed E-state index contributed by atoms with van der Waals surface area (Å²) in [5.74, 6) is -2.11. The number of nitrogens with zero attached hydrogens (tertiary/aromatic N) is 3. The number of halogens is 2. The maximum absolute atomic E-state index is 13.7. The van der Waals surface area contributed by atoms with Crippen molar-refractivity contribution in [1.82, 2.24) is 14.5 Å². The van der Waals surface area contributed by atoms with E-state index in [2.05, 4.69) is 15.3 Å². The molecule has 0 saturated carbocycles. The highest BCUT2D eigenvalue weighted by Gasteiger charge is 2.16. The predicted molar refractivity (Wildman–Crippen MR) is 104 cm³/mol. The Labute approximate surface area is 161 Å². The van der Waals surface area contributed by atoms with Gasteiger partial charge in [-0.3, -0.25) is 14.2 Å². The molecule has 0 aliphatic rings. The number of pyridine rings is 1. The third-order valence-electron chi connectivity index (χ3n) is 4.26. The van der Waals surface area contributed by atoms with Crippen LogP contribution in [0.1, 0.15) is 11.3 Å². The Balaban J connectivity index is 1.69. The molecular formula is C19H14F2N4O2S. The number of carbonyl (C=O) groups excluding carboxylic acids is 1. The van der Waals surface area contributed by atoms with Gasteiger partial charge in [0.25, 0.3) is 5.56 Å². The van der Waals surface area contributed by atoms with Crippen molar-refractivity contribution in [3.05, 3.63) is 63.8 Å². The molecule has 0 radical (unpaired) electrons. The standard InChI is InChI=1S/C19H14F2N4O2S/c1-9-5-10(2)23-18-15(9)16-17(28-18)19(27)25(8-22-16)7-14(26)24-13-6-11(20)3-4-12(13)21/h3-6,8H,7H2,1-2H3,(H,24,26). The molecule has 0 atom stereocenters. The van der Waals surface area contributed by atoms with Crippen molar-refractivity contribution in [1.29, 1.82) is 0 Å². The first-order chi connectivity index (χ1) is 13.3. The molecular weight excluding hydrogens is 386 g/mol. The van der Waals surface area contributed by atoms with Gasteiger partial charge in [-0.25, -0.2) is 18.7 Å². The Bertz CT molecular complexity index is 1310. The molecule has 0 aliphatic heterocycles. The van der Waals surface area contributed by atoms with E-state index in [1.807, 2.05) is 19.9 Å². The fraction of sp³-hybridized carbons (Fsp3) is 0.158. The highest BCUT2D eigenvalue weighted by molar-refractivity contribution is 7.25. The molecule has 0 aliphatic carbocycles. The van der Waals surface area contributed by atoms with Crippen LogP contribution in [0.3, 0.4) is 0 Å². The second-order valence-corrected chi connectivity index (χ2v) is 7.39. The molecule has 142 valence electrons. The number of aromatic nitrogens is 3. The Morgan fingerprint density at radius 2 is 2.04 bits per heavy atom. The highest BCUT2D eigenvalue weighted by Crippen LogP contribution is 2.31. The highest BCUT2D eigenvalue weighted by atomic mass is 32.1. The zero-order valence-electron chi connectivity index (χ0n) is 14.9. The largest absolute Gasteiger partial charge is 0.322 e. The molecule has 1 N–H and O–H groups in total. The van der Waals surface area contributed by atoms with Crippen molar-refractivity contribution in [3.8, 4) is 0 Å².